The molecule has 0 aliphatic heterocycles. The maximum Gasteiger partial charge on any atom is 0.131 e. The molecule has 2 rings (SSSR count). The van der Waals surface area contributed by atoms with E-state index in [1.165, 1.54) is 6.07 Å². The van der Waals surface area contributed by atoms with Gasteiger partial charge in [-0.2, -0.15) is 5.26 Å². The summed E-state index contributed by atoms with van der Waals surface area (Å²) in [5, 5.41) is 8.65. The van der Waals surface area contributed by atoms with Crippen molar-refractivity contribution in [2.75, 3.05) is 7.11 Å². The number of halogens is 1. The van der Waals surface area contributed by atoms with Crippen molar-refractivity contribution < 1.29 is 13.9 Å². The van der Waals surface area contributed by atoms with Crippen molar-refractivity contribution in [3.8, 4) is 17.6 Å². The van der Waals surface area contributed by atoms with Gasteiger partial charge in [0.25, 0.3) is 0 Å². The highest BCUT2D eigenvalue weighted by Gasteiger charge is 2.04. The molecule has 0 aliphatic carbocycles. The molecule has 19 heavy (non-hydrogen) atoms. The fourth-order valence-electron chi connectivity index (χ4n) is 1.57. The Morgan fingerprint density at radius 1 is 1.11 bits per heavy atom. The first kappa shape index (κ1) is 12.9. The van der Waals surface area contributed by atoms with Gasteiger partial charge in [-0.15, -0.1) is 0 Å². The summed E-state index contributed by atoms with van der Waals surface area (Å²) in [6.07, 6.45) is 0. The summed E-state index contributed by atoms with van der Waals surface area (Å²) in [7, 11) is 1.59. The highest BCUT2D eigenvalue weighted by atomic mass is 19.1. The van der Waals surface area contributed by atoms with Crippen molar-refractivity contribution in [1.82, 2.24) is 0 Å². The molecule has 2 aromatic carbocycles. The molecule has 0 atom stereocenters. The molecule has 0 unspecified atom stereocenters. The Balaban J connectivity index is 2.04. The van der Waals surface area contributed by atoms with Crippen LogP contribution in [0, 0.1) is 17.1 Å². The third-order valence-corrected chi connectivity index (χ3v) is 2.64. The Morgan fingerprint density at radius 2 is 1.79 bits per heavy atom. The minimum absolute atomic E-state index is 0.115. The van der Waals surface area contributed by atoms with E-state index in [1.54, 1.807) is 43.5 Å². The maximum atomic E-state index is 13.6. The van der Waals surface area contributed by atoms with E-state index in [4.69, 9.17) is 14.7 Å². The molecule has 0 saturated heterocycles. The second-order valence-corrected chi connectivity index (χ2v) is 3.88. The van der Waals surface area contributed by atoms with Crippen molar-refractivity contribution in [2.24, 2.45) is 0 Å². The molecule has 0 spiro atoms. The Morgan fingerprint density at radius 3 is 2.37 bits per heavy atom. The number of hydrogen-bond donors (Lipinski definition) is 0. The molecule has 0 aliphatic rings. The fourth-order valence-corrected chi connectivity index (χ4v) is 1.57. The van der Waals surface area contributed by atoms with Crippen LogP contribution in [-0.2, 0) is 6.61 Å². The van der Waals surface area contributed by atoms with Crippen molar-refractivity contribution in [1.29, 1.82) is 5.26 Å². The third kappa shape index (κ3) is 3.23. The van der Waals surface area contributed by atoms with Crippen molar-refractivity contribution in [3.05, 3.63) is 59.4 Å². The number of ether oxygens (including phenoxy) is 2. The van der Waals surface area contributed by atoms with E-state index in [-0.39, 0.29) is 6.61 Å². The van der Waals surface area contributed by atoms with Gasteiger partial charge >= 0.3 is 0 Å². The van der Waals surface area contributed by atoms with E-state index < -0.39 is 5.82 Å². The highest BCUT2D eigenvalue weighted by molar-refractivity contribution is 5.34. The second-order valence-electron chi connectivity index (χ2n) is 3.88. The zero-order valence-electron chi connectivity index (χ0n) is 10.4. The predicted octanol–water partition coefficient (Wildman–Crippen LogP) is 3.28. The average molecular weight is 257 g/mol. The number of rotatable bonds is 4. The third-order valence-electron chi connectivity index (χ3n) is 2.64. The minimum atomic E-state index is -0.437. The Labute approximate surface area is 110 Å². The van der Waals surface area contributed by atoms with Crippen LogP contribution in [0.5, 0.6) is 11.5 Å². The molecule has 0 saturated carbocycles. The Hall–Kier alpha value is -2.54. The second kappa shape index (κ2) is 5.87. The van der Waals surface area contributed by atoms with E-state index in [1.807, 2.05) is 6.07 Å². The lowest BCUT2D eigenvalue weighted by molar-refractivity contribution is 0.299. The highest BCUT2D eigenvalue weighted by Crippen LogP contribution is 2.19. The SMILES string of the molecule is COc1ccc(OCc2ccc(C#N)cc2F)cc1. The molecule has 2 aromatic rings. The molecule has 4 heteroatoms. The van der Waals surface area contributed by atoms with Crippen LogP contribution >= 0.6 is 0 Å². The summed E-state index contributed by atoms with van der Waals surface area (Å²) in [6, 6.07) is 13.2. The minimum Gasteiger partial charge on any atom is -0.497 e. The Kier molecular flexibility index (Phi) is 3.99. The van der Waals surface area contributed by atoms with E-state index in [2.05, 4.69) is 0 Å². The normalized spacial score (nSPS) is 9.74. The number of methoxy groups -OCH3 is 1. The molecular formula is C15H12FNO2. The lowest BCUT2D eigenvalue weighted by Crippen LogP contribution is -1.99. The van der Waals surface area contributed by atoms with Gasteiger partial charge in [-0.25, -0.2) is 4.39 Å². The van der Waals surface area contributed by atoms with E-state index in [9.17, 15) is 4.39 Å². The first-order chi connectivity index (χ1) is 9.22. The summed E-state index contributed by atoms with van der Waals surface area (Å²) in [5.41, 5.74) is 0.709. The molecule has 0 amide bonds. The molecule has 0 N–H and O–H groups in total. The van der Waals surface area contributed by atoms with Gasteiger partial charge in [0.2, 0.25) is 0 Å². The van der Waals surface area contributed by atoms with Gasteiger partial charge in [0, 0.05) is 5.56 Å². The number of nitrogens with zero attached hydrogens (tertiary/aromatic N) is 1. The lowest BCUT2D eigenvalue weighted by atomic mass is 10.1. The first-order valence-corrected chi connectivity index (χ1v) is 5.68. The molecule has 0 heterocycles. The van der Waals surface area contributed by atoms with Gasteiger partial charge in [-0.1, -0.05) is 6.07 Å². The lowest BCUT2D eigenvalue weighted by Gasteiger charge is -2.08. The van der Waals surface area contributed by atoms with Crippen LogP contribution in [0.25, 0.3) is 0 Å². The zero-order chi connectivity index (χ0) is 13.7. The summed E-state index contributed by atoms with van der Waals surface area (Å²) in [5.74, 6) is 0.925. The van der Waals surface area contributed by atoms with Gasteiger partial charge in [0.1, 0.15) is 23.9 Å². The van der Waals surface area contributed by atoms with Crippen LogP contribution in [0.1, 0.15) is 11.1 Å². The zero-order valence-corrected chi connectivity index (χ0v) is 10.4. The monoisotopic (exact) mass is 257 g/mol. The molecular weight excluding hydrogens is 245 g/mol. The molecule has 0 fully saturated rings. The number of hydrogen-bond acceptors (Lipinski definition) is 3. The van der Waals surface area contributed by atoms with Crippen LogP contribution in [0.3, 0.4) is 0 Å². The molecule has 0 bridgehead atoms. The van der Waals surface area contributed by atoms with Crippen LogP contribution < -0.4 is 9.47 Å². The first-order valence-electron chi connectivity index (χ1n) is 5.68. The number of benzene rings is 2. The van der Waals surface area contributed by atoms with Gasteiger partial charge in [-0.05, 0) is 36.4 Å². The average Bonchev–Trinajstić information content (AvgIpc) is 2.46. The standard InChI is InChI=1S/C15H12FNO2/c1-18-13-4-6-14(7-5-13)19-10-12-3-2-11(9-17)8-15(12)16/h2-8H,10H2,1H3. The van der Waals surface area contributed by atoms with Crippen LogP contribution in [-0.4, -0.2) is 7.11 Å². The van der Waals surface area contributed by atoms with E-state index >= 15 is 0 Å². The molecule has 0 radical (unpaired) electrons. The topological polar surface area (TPSA) is 42.2 Å². The van der Waals surface area contributed by atoms with Gasteiger partial charge in [0.05, 0.1) is 18.7 Å². The predicted molar refractivity (Wildman–Crippen MR) is 68.4 cm³/mol. The van der Waals surface area contributed by atoms with Crippen molar-refractivity contribution >= 4 is 0 Å². The van der Waals surface area contributed by atoms with Crippen LogP contribution in [0.4, 0.5) is 4.39 Å². The van der Waals surface area contributed by atoms with Crippen LogP contribution in [0.15, 0.2) is 42.5 Å². The molecule has 96 valence electrons. The van der Waals surface area contributed by atoms with Crippen molar-refractivity contribution in [3.63, 3.8) is 0 Å². The van der Waals surface area contributed by atoms with E-state index in [0.29, 0.717) is 16.9 Å². The van der Waals surface area contributed by atoms with E-state index in [0.717, 1.165) is 5.75 Å². The van der Waals surface area contributed by atoms with Crippen LogP contribution in [0.2, 0.25) is 0 Å². The maximum absolute atomic E-state index is 13.6. The fraction of sp³-hybridized carbons (Fsp3) is 0.133. The molecule has 0 aromatic heterocycles. The Bertz CT molecular complexity index is 603. The van der Waals surface area contributed by atoms with Crippen molar-refractivity contribution in [2.45, 2.75) is 6.61 Å². The quantitative estimate of drug-likeness (QED) is 0.844. The van der Waals surface area contributed by atoms with Gasteiger partial charge < -0.3 is 9.47 Å². The molecule has 3 nitrogen and oxygen atoms in total. The largest absolute Gasteiger partial charge is 0.497 e. The smallest absolute Gasteiger partial charge is 0.131 e. The summed E-state index contributed by atoms with van der Waals surface area (Å²) in [6.45, 7) is 0.115. The summed E-state index contributed by atoms with van der Waals surface area (Å²) in [4.78, 5) is 0. The summed E-state index contributed by atoms with van der Waals surface area (Å²) < 4.78 is 24.1. The number of nitriles is 1. The summed E-state index contributed by atoms with van der Waals surface area (Å²) >= 11 is 0. The van der Waals surface area contributed by atoms with Gasteiger partial charge in [0.15, 0.2) is 0 Å². The van der Waals surface area contributed by atoms with Gasteiger partial charge in [-0.3, -0.25) is 0 Å².